The number of nitrogens with zero attached hydrogens (tertiary/aromatic N) is 2. The number of fused-ring (bicyclic) bond motifs is 3. The monoisotopic (exact) mass is 411 g/mol. The van der Waals surface area contributed by atoms with Crippen molar-refractivity contribution in [1.82, 2.24) is 5.32 Å². The predicted molar refractivity (Wildman–Crippen MR) is 104 cm³/mol. The second-order valence-corrected chi connectivity index (χ2v) is 9.39. The molecule has 8 nitrogen and oxygen atoms in total. The van der Waals surface area contributed by atoms with E-state index in [2.05, 4.69) is 9.71 Å². The molecule has 1 unspecified atom stereocenters. The van der Waals surface area contributed by atoms with Gasteiger partial charge in [-0.2, -0.15) is 0 Å². The molecule has 1 amide bonds. The highest BCUT2D eigenvalue weighted by molar-refractivity contribution is 8.15. The summed E-state index contributed by atoms with van der Waals surface area (Å²) in [6, 6.07) is 5.11. The average Bonchev–Trinajstić information content (AvgIpc) is 2.96. The number of anilines is 1. The van der Waals surface area contributed by atoms with E-state index in [0.717, 1.165) is 10.6 Å². The maximum absolute atomic E-state index is 12.7. The summed E-state index contributed by atoms with van der Waals surface area (Å²) in [5.74, 6) is -0.920. The lowest BCUT2D eigenvalue weighted by molar-refractivity contribution is -0.147. The largest absolute Gasteiger partial charge is 0.467 e. The third-order valence-corrected chi connectivity index (χ3v) is 6.82. The topological polar surface area (TPSA) is 105 Å². The normalized spacial score (nSPS) is 19.4. The van der Waals surface area contributed by atoms with Crippen LogP contribution in [0.25, 0.3) is 0 Å². The SMILES string of the molecule is CCCC(C)(NC(=O)c1ccc2c(c1)SC1=NS(=O)(=O)CCN12)C(=O)OC. The summed E-state index contributed by atoms with van der Waals surface area (Å²) in [5.41, 5.74) is 0.104. The van der Waals surface area contributed by atoms with Crippen molar-refractivity contribution >= 4 is 44.5 Å². The van der Waals surface area contributed by atoms with Gasteiger partial charge in [-0.25, -0.2) is 13.2 Å². The van der Waals surface area contributed by atoms with Crippen LogP contribution in [0.15, 0.2) is 27.5 Å². The molecule has 2 heterocycles. The van der Waals surface area contributed by atoms with Gasteiger partial charge in [-0.1, -0.05) is 13.3 Å². The maximum atomic E-state index is 12.7. The summed E-state index contributed by atoms with van der Waals surface area (Å²) in [4.78, 5) is 27.4. The van der Waals surface area contributed by atoms with Gasteiger partial charge in [-0.15, -0.1) is 4.40 Å². The Kier molecular flexibility index (Phi) is 5.22. The first-order chi connectivity index (χ1) is 12.7. The third-order valence-electron chi connectivity index (χ3n) is 4.51. The van der Waals surface area contributed by atoms with Crippen molar-refractivity contribution in [2.45, 2.75) is 37.1 Å². The Morgan fingerprint density at radius 1 is 1.41 bits per heavy atom. The first-order valence-corrected chi connectivity index (χ1v) is 10.9. The van der Waals surface area contributed by atoms with Crippen molar-refractivity contribution in [3.05, 3.63) is 23.8 Å². The number of ether oxygens (including phenoxy) is 1. The molecule has 1 aromatic carbocycles. The van der Waals surface area contributed by atoms with E-state index in [1.165, 1.54) is 18.9 Å². The fraction of sp³-hybridized carbons (Fsp3) is 0.471. The molecule has 2 aliphatic heterocycles. The Balaban J connectivity index is 1.85. The molecule has 3 rings (SSSR count). The zero-order valence-electron chi connectivity index (χ0n) is 15.3. The van der Waals surface area contributed by atoms with Crippen LogP contribution < -0.4 is 10.2 Å². The van der Waals surface area contributed by atoms with Crippen LogP contribution in [0.2, 0.25) is 0 Å². The highest BCUT2D eigenvalue weighted by Crippen LogP contribution is 2.42. The Morgan fingerprint density at radius 3 is 2.81 bits per heavy atom. The predicted octanol–water partition coefficient (Wildman–Crippen LogP) is 1.76. The maximum Gasteiger partial charge on any atom is 0.331 e. The van der Waals surface area contributed by atoms with Crippen molar-refractivity contribution < 1.29 is 22.7 Å². The molecule has 10 heteroatoms. The number of amides is 1. The third kappa shape index (κ3) is 3.81. The second kappa shape index (κ2) is 7.16. The van der Waals surface area contributed by atoms with Crippen LogP contribution >= 0.6 is 11.8 Å². The zero-order chi connectivity index (χ0) is 19.8. The van der Waals surface area contributed by atoms with E-state index in [4.69, 9.17) is 4.74 Å². The molecule has 2 aliphatic rings. The van der Waals surface area contributed by atoms with Crippen LogP contribution in [0.3, 0.4) is 0 Å². The highest BCUT2D eigenvalue weighted by atomic mass is 32.2. The number of nitrogens with one attached hydrogen (secondary N) is 1. The minimum absolute atomic E-state index is 0.0345. The van der Waals surface area contributed by atoms with Gasteiger partial charge in [0.2, 0.25) is 0 Å². The molecule has 0 bridgehead atoms. The molecule has 0 aliphatic carbocycles. The lowest BCUT2D eigenvalue weighted by Gasteiger charge is -2.27. The van der Waals surface area contributed by atoms with Crippen molar-refractivity contribution in [3.63, 3.8) is 0 Å². The van der Waals surface area contributed by atoms with E-state index >= 15 is 0 Å². The smallest absolute Gasteiger partial charge is 0.331 e. The van der Waals surface area contributed by atoms with E-state index in [1.807, 2.05) is 11.8 Å². The Labute approximate surface area is 162 Å². The Hall–Kier alpha value is -2.07. The summed E-state index contributed by atoms with van der Waals surface area (Å²) in [5, 5.41) is 3.17. The van der Waals surface area contributed by atoms with Gasteiger partial charge in [0.1, 0.15) is 5.54 Å². The summed E-state index contributed by atoms with van der Waals surface area (Å²) < 4.78 is 32.0. The van der Waals surface area contributed by atoms with Crippen LogP contribution in [-0.4, -0.2) is 50.4 Å². The number of benzene rings is 1. The lowest BCUT2D eigenvalue weighted by atomic mass is 9.95. The second-order valence-electron chi connectivity index (χ2n) is 6.62. The number of carbonyl (C=O) groups is 2. The van der Waals surface area contributed by atoms with Crippen LogP contribution in [0, 0.1) is 0 Å². The molecule has 1 N–H and O–H groups in total. The number of esters is 1. The minimum atomic E-state index is -3.43. The molecule has 0 radical (unpaired) electrons. The van der Waals surface area contributed by atoms with Crippen LogP contribution in [0.5, 0.6) is 0 Å². The number of amidine groups is 1. The van der Waals surface area contributed by atoms with Crippen LogP contribution in [-0.2, 0) is 19.6 Å². The van der Waals surface area contributed by atoms with Crippen molar-refractivity contribution in [2.75, 3.05) is 24.3 Å². The standard InChI is InChI=1S/C17H21N3O5S2/c1-4-7-17(2,15(22)25-3)18-14(21)11-5-6-12-13(10-11)26-16-19-27(23,24)9-8-20(12)16/h5-6,10H,4,7-9H2,1-3H3,(H,18,21). The molecule has 27 heavy (non-hydrogen) atoms. The first-order valence-electron chi connectivity index (χ1n) is 8.52. The fourth-order valence-corrected chi connectivity index (χ4v) is 5.43. The molecule has 1 aromatic rings. The number of hydrogen-bond donors (Lipinski definition) is 1. The number of methoxy groups -OCH3 is 1. The quantitative estimate of drug-likeness (QED) is 0.736. The fourth-order valence-electron chi connectivity index (χ4n) is 3.14. The molecular formula is C17H21N3O5S2. The molecule has 0 aromatic heterocycles. The summed E-state index contributed by atoms with van der Waals surface area (Å²) >= 11 is 1.22. The van der Waals surface area contributed by atoms with Gasteiger partial charge >= 0.3 is 5.97 Å². The van der Waals surface area contributed by atoms with E-state index in [1.54, 1.807) is 25.1 Å². The summed E-state index contributed by atoms with van der Waals surface area (Å²) in [6.45, 7) is 3.90. The van der Waals surface area contributed by atoms with Crippen molar-refractivity contribution in [2.24, 2.45) is 4.40 Å². The van der Waals surface area contributed by atoms with E-state index in [9.17, 15) is 18.0 Å². The molecule has 1 atom stereocenters. The number of carbonyl (C=O) groups excluding carboxylic acids is 2. The van der Waals surface area contributed by atoms with Gasteiger partial charge in [0.15, 0.2) is 5.17 Å². The number of sulfonamides is 1. The van der Waals surface area contributed by atoms with Crippen LogP contribution in [0.4, 0.5) is 5.69 Å². The van der Waals surface area contributed by atoms with Crippen molar-refractivity contribution in [1.29, 1.82) is 0 Å². The van der Waals surface area contributed by atoms with Gasteiger partial charge < -0.3 is 15.0 Å². The molecule has 146 valence electrons. The van der Waals surface area contributed by atoms with Gasteiger partial charge in [0.25, 0.3) is 15.9 Å². The van der Waals surface area contributed by atoms with Crippen molar-refractivity contribution in [3.8, 4) is 0 Å². The van der Waals surface area contributed by atoms with Gasteiger partial charge in [-0.3, -0.25) is 4.79 Å². The van der Waals surface area contributed by atoms with Gasteiger partial charge in [-0.05, 0) is 43.3 Å². The molecule has 0 spiro atoms. The molecular weight excluding hydrogens is 390 g/mol. The number of rotatable bonds is 5. The average molecular weight is 412 g/mol. The lowest BCUT2D eigenvalue weighted by Crippen LogP contribution is -2.52. The highest BCUT2D eigenvalue weighted by Gasteiger charge is 2.37. The van der Waals surface area contributed by atoms with Crippen LogP contribution in [0.1, 0.15) is 37.0 Å². The molecule has 0 saturated heterocycles. The summed E-state index contributed by atoms with van der Waals surface area (Å²) in [7, 11) is -2.14. The zero-order valence-corrected chi connectivity index (χ0v) is 16.9. The van der Waals surface area contributed by atoms with E-state index in [-0.39, 0.29) is 11.7 Å². The number of thioether (sulfide) groups is 1. The minimum Gasteiger partial charge on any atom is -0.467 e. The summed E-state index contributed by atoms with van der Waals surface area (Å²) in [6.07, 6.45) is 1.16. The molecule has 0 fully saturated rings. The van der Waals surface area contributed by atoms with E-state index < -0.39 is 21.5 Å². The number of hydrogen-bond acceptors (Lipinski definition) is 7. The van der Waals surface area contributed by atoms with Gasteiger partial charge in [0, 0.05) is 17.0 Å². The Morgan fingerprint density at radius 2 is 2.15 bits per heavy atom. The molecule has 0 saturated carbocycles. The Bertz CT molecular complexity index is 928. The van der Waals surface area contributed by atoms with E-state index in [0.29, 0.717) is 30.1 Å². The van der Waals surface area contributed by atoms with Gasteiger partial charge in [0.05, 0.1) is 18.6 Å². The first kappa shape index (κ1) is 19.7.